The zero-order chi connectivity index (χ0) is 24.8. The Kier molecular flexibility index (Phi) is 6.68. The number of hydrogen-bond acceptors (Lipinski definition) is 4. The third-order valence-corrected chi connectivity index (χ3v) is 12.9. The van der Waals surface area contributed by atoms with E-state index >= 15 is 0 Å². The topological polar surface area (TPSA) is 82.3 Å². The molecule has 1 aliphatic heterocycles. The SMILES string of the molecule is Cn1c(=O)n(C2CCC(=O)NC2=O)c2cccc([C@H]3CC[C@H](CO[Si](C)(C)C(C)(C)C)CC3)c21. The van der Waals surface area contributed by atoms with Crippen LogP contribution in [0.3, 0.4) is 0 Å². The molecule has 1 saturated carbocycles. The van der Waals surface area contributed by atoms with Gasteiger partial charge in [0, 0.05) is 20.1 Å². The Bertz CT molecular complexity index is 1150. The molecule has 2 heterocycles. The van der Waals surface area contributed by atoms with Crippen LogP contribution in [-0.4, -0.2) is 35.9 Å². The maximum atomic E-state index is 13.2. The van der Waals surface area contributed by atoms with Crippen LogP contribution in [0, 0.1) is 5.92 Å². The largest absolute Gasteiger partial charge is 0.417 e. The highest BCUT2D eigenvalue weighted by Gasteiger charge is 2.38. The fourth-order valence-corrected chi connectivity index (χ4v) is 6.30. The average molecular weight is 486 g/mol. The summed E-state index contributed by atoms with van der Waals surface area (Å²) in [4.78, 5) is 37.3. The number of fused-ring (bicyclic) bond motifs is 1. The number of nitrogens with zero attached hydrogens (tertiary/aromatic N) is 2. The monoisotopic (exact) mass is 485 g/mol. The third kappa shape index (κ3) is 4.54. The minimum atomic E-state index is -1.74. The molecule has 0 spiro atoms. The smallest absolute Gasteiger partial charge is 0.329 e. The summed E-state index contributed by atoms with van der Waals surface area (Å²) in [5.74, 6) is 0.306. The number of imide groups is 1. The lowest BCUT2D eigenvalue weighted by Gasteiger charge is -2.38. The molecule has 4 rings (SSSR count). The molecule has 8 heteroatoms. The zero-order valence-corrected chi connectivity index (χ0v) is 22.4. The molecule has 7 nitrogen and oxygen atoms in total. The molecule has 1 saturated heterocycles. The van der Waals surface area contributed by atoms with E-state index in [0.717, 1.165) is 43.3 Å². The predicted octanol–water partition coefficient (Wildman–Crippen LogP) is 4.61. The number of aromatic nitrogens is 2. The van der Waals surface area contributed by atoms with Crippen LogP contribution in [0.15, 0.2) is 23.0 Å². The summed E-state index contributed by atoms with van der Waals surface area (Å²) in [6.45, 7) is 12.3. The van der Waals surface area contributed by atoms with Crippen molar-refractivity contribution in [3.8, 4) is 0 Å². The summed E-state index contributed by atoms with van der Waals surface area (Å²) >= 11 is 0. The third-order valence-electron chi connectivity index (χ3n) is 8.43. The van der Waals surface area contributed by atoms with Crippen molar-refractivity contribution in [2.24, 2.45) is 13.0 Å². The number of aryl methyl sites for hydroxylation is 1. The van der Waals surface area contributed by atoms with E-state index in [-0.39, 0.29) is 23.1 Å². The van der Waals surface area contributed by atoms with Gasteiger partial charge < -0.3 is 4.43 Å². The lowest BCUT2D eigenvalue weighted by molar-refractivity contribution is -0.135. The van der Waals surface area contributed by atoms with Crippen LogP contribution in [0.25, 0.3) is 11.0 Å². The van der Waals surface area contributed by atoms with E-state index in [1.165, 1.54) is 5.56 Å². The molecule has 1 N–H and O–H groups in total. The van der Waals surface area contributed by atoms with Crippen molar-refractivity contribution in [2.45, 2.75) is 89.4 Å². The van der Waals surface area contributed by atoms with E-state index < -0.39 is 20.3 Å². The predicted molar refractivity (Wildman–Crippen MR) is 136 cm³/mol. The summed E-state index contributed by atoms with van der Waals surface area (Å²) in [5.41, 5.74) is 2.68. The van der Waals surface area contributed by atoms with E-state index in [2.05, 4.69) is 45.2 Å². The highest BCUT2D eigenvalue weighted by Crippen LogP contribution is 2.41. The standard InChI is InChI=1S/C26H39N3O4Si/c1-26(2,3)34(5,6)33-16-17-10-12-18(13-11-17)19-8-7-9-20-23(19)28(4)25(32)29(20)21-14-15-22(30)27-24(21)31/h7-9,17-18,21H,10-16H2,1-6H3,(H,27,30,31)/t17-,18-,21?. The first-order chi connectivity index (χ1) is 15.9. The fraction of sp³-hybridized carbons (Fsp3) is 0.654. The van der Waals surface area contributed by atoms with E-state index in [1.54, 1.807) is 16.2 Å². The lowest BCUT2D eigenvalue weighted by Crippen LogP contribution is -2.44. The number of para-hydroxylation sites is 1. The number of carbonyl (C=O) groups is 2. The molecule has 2 aliphatic rings. The quantitative estimate of drug-likeness (QED) is 0.495. The Morgan fingerprint density at radius 1 is 1.06 bits per heavy atom. The number of rotatable bonds is 5. The summed E-state index contributed by atoms with van der Waals surface area (Å²) in [5, 5.41) is 2.61. The van der Waals surface area contributed by atoms with Crippen molar-refractivity contribution < 1.29 is 14.0 Å². The molecule has 2 fully saturated rings. The number of carbonyl (C=O) groups excluding carboxylic acids is 2. The fourth-order valence-electron chi connectivity index (χ4n) is 5.21. The van der Waals surface area contributed by atoms with Gasteiger partial charge in [0.15, 0.2) is 8.32 Å². The molecule has 0 radical (unpaired) electrons. The van der Waals surface area contributed by atoms with Gasteiger partial charge in [-0.05, 0) is 73.7 Å². The molecule has 1 aliphatic carbocycles. The maximum Gasteiger partial charge on any atom is 0.329 e. The highest BCUT2D eigenvalue weighted by atomic mass is 28.4. The number of imidazole rings is 1. The van der Waals surface area contributed by atoms with Crippen molar-refractivity contribution in [1.29, 1.82) is 0 Å². The van der Waals surface area contributed by atoms with Gasteiger partial charge in [-0.15, -0.1) is 0 Å². The Labute approximate surface area is 203 Å². The highest BCUT2D eigenvalue weighted by molar-refractivity contribution is 6.74. The zero-order valence-electron chi connectivity index (χ0n) is 21.4. The second kappa shape index (κ2) is 9.11. The first-order valence-electron chi connectivity index (χ1n) is 12.6. The van der Waals surface area contributed by atoms with Crippen molar-refractivity contribution in [1.82, 2.24) is 14.5 Å². The molecular formula is C26H39N3O4Si. The first-order valence-corrected chi connectivity index (χ1v) is 15.5. The second-order valence-electron chi connectivity index (χ2n) is 11.7. The molecule has 34 heavy (non-hydrogen) atoms. The summed E-state index contributed by atoms with van der Waals surface area (Å²) in [7, 11) is 0.0487. The van der Waals surface area contributed by atoms with Crippen molar-refractivity contribution in [3.05, 3.63) is 34.2 Å². The molecule has 0 bridgehead atoms. The van der Waals surface area contributed by atoms with Gasteiger partial charge >= 0.3 is 5.69 Å². The van der Waals surface area contributed by atoms with Gasteiger partial charge in [-0.2, -0.15) is 0 Å². The van der Waals surface area contributed by atoms with E-state index in [4.69, 9.17) is 4.43 Å². The molecule has 1 atom stereocenters. The number of benzene rings is 1. The Morgan fingerprint density at radius 3 is 2.35 bits per heavy atom. The Morgan fingerprint density at radius 2 is 1.74 bits per heavy atom. The van der Waals surface area contributed by atoms with Crippen LogP contribution >= 0.6 is 0 Å². The first kappa shape index (κ1) is 24.9. The van der Waals surface area contributed by atoms with Crippen molar-refractivity contribution >= 4 is 31.2 Å². The molecule has 2 aromatic rings. The number of nitrogens with one attached hydrogen (secondary N) is 1. The van der Waals surface area contributed by atoms with Crippen LogP contribution in [0.1, 0.15) is 76.8 Å². The minimum absolute atomic E-state index is 0.201. The number of piperidine rings is 1. The molecule has 1 unspecified atom stereocenters. The van der Waals surface area contributed by atoms with E-state index in [1.807, 2.05) is 12.1 Å². The van der Waals surface area contributed by atoms with Crippen LogP contribution in [0.2, 0.25) is 18.1 Å². The van der Waals surface area contributed by atoms with Gasteiger partial charge in [0.05, 0.1) is 11.0 Å². The minimum Gasteiger partial charge on any atom is -0.417 e. The molecule has 186 valence electrons. The van der Waals surface area contributed by atoms with Crippen LogP contribution < -0.4 is 11.0 Å². The van der Waals surface area contributed by atoms with E-state index in [9.17, 15) is 14.4 Å². The van der Waals surface area contributed by atoms with Crippen molar-refractivity contribution in [2.75, 3.05) is 6.61 Å². The molecule has 1 aromatic carbocycles. The van der Waals surface area contributed by atoms with Gasteiger partial charge in [-0.1, -0.05) is 32.9 Å². The van der Waals surface area contributed by atoms with Gasteiger partial charge in [0.25, 0.3) is 0 Å². The van der Waals surface area contributed by atoms with Crippen LogP contribution in [-0.2, 0) is 21.1 Å². The Balaban J connectivity index is 1.54. The molecule has 2 amide bonds. The normalized spacial score (nSPS) is 24.5. The van der Waals surface area contributed by atoms with Gasteiger partial charge in [-0.25, -0.2) is 4.79 Å². The van der Waals surface area contributed by atoms with Gasteiger partial charge in [0.1, 0.15) is 6.04 Å². The number of amides is 2. The van der Waals surface area contributed by atoms with E-state index in [0.29, 0.717) is 18.3 Å². The van der Waals surface area contributed by atoms with Gasteiger partial charge in [-0.3, -0.25) is 24.0 Å². The van der Waals surface area contributed by atoms with Crippen LogP contribution in [0.4, 0.5) is 0 Å². The number of hydrogen-bond donors (Lipinski definition) is 1. The van der Waals surface area contributed by atoms with Crippen molar-refractivity contribution in [3.63, 3.8) is 0 Å². The summed E-state index contributed by atoms with van der Waals surface area (Å²) < 4.78 is 9.76. The van der Waals surface area contributed by atoms with Gasteiger partial charge in [0.2, 0.25) is 11.8 Å². The Hall–Kier alpha value is -2.19. The second-order valence-corrected chi connectivity index (χ2v) is 16.5. The maximum absolute atomic E-state index is 13.2. The molecular weight excluding hydrogens is 446 g/mol. The van der Waals surface area contributed by atoms with Crippen LogP contribution in [0.5, 0.6) is 0 Å². The molecule has 1 aromatic heterocycles. The summed E-state index contributed by atoms with van der Waals surface area (Å²) in [6.07, 6.45) is 4.99. The lowest BCUT2D eigenvalue weighted by atomic mass is 9.78. The summed E-state index contributed by atoms with van der Waals surface area (Å²) in [6, 6.07) is 5.40. The average Bonchev–Trinajstić information content (AvgIpc) is 3.02.